The number of hydrogen-bond acceptors (Lipinski definition) is 2. The predicted molar refractivity (Wildman–Crippen MR) is 79.8 cm³/mol. The Morgan fingerprint density at radius 3 is 2.20 bits per heavy atom. The van der Waals surface area contributed by atoms with E-state index in [9.17, 15) is 8.78 Å². The van der Waals surface area contributed by atoms with E-state index in [1.807, 2.05) is 21.0 Å². The average Bonchev–Trinajstić information content (AvgIpc) is 2.42. The van der Waals surface area contributed by atoms with Gasteiger partial charge in [0.1, 0.15) is 0 Å². The van der Waals surface area contributed by atoms with Gasteiger partial charge < -0.3 is 10.2 Å². The third kappa shape index (κ3) is 3.01. The van der Waals surface area contributed by atoms with Crippen molar-refractivity contribution in [2.24, 2.45) is 0 Å². The molecule has 4 heteroatoms. The molecule has 1 rings (SSSR count). The highest BCUT2D eigenvalue weighted by Crippen LogP contribution is 2.37. The van der Waals surface area contributed by atoms with E-state index < -0.39 is 11.6 Å². The van der Waals surface area contributed by atoms with Gasteiger partial charge in [0.2, 0.25) is 0 Å². The maximum atomic E-state index is 14.2. The molecular weight excluding hydrogens is 258 g/mol. The first-order valence-electron chi connectivity index (χ1n) is 7.29. The zero-order chi connectivity index (χ0) is 15.3. The molecule has 1 atom stereocenters. The number of nitrogens with one attached hydrogen (secondary N) is 1. The number of benzene rings is 1. The van der Waals surface area contributed by atoms with Crippen LogP contribution in [-0.2, 0) is 0 Å². The quantitative estimate of drug-likeness (QED) is 0.820. The number of nitrogens with zero attached hydrogens (tertiary/aromatic N) is 1. The molecule has 0 saturated heterocycles. The fourth-order valence-electron chi connectivity index (χ4n) is 3.09. The molecule has 0 fully saturated rings. The maximum absolute atomic E-state index is 14.2. The molecule has 0 aliphatic heterocycles. The van der Waals surface area contributed by atoms with Gasteiger partial charge >= 0.3 is 0 Å². The van der Waals surface area contributed by atoms with Crippen LogP contribution in [0.3, 0.4) is 0 Å². The Morgan fingerprint density at radius 1 is 1.15 bits per heavy atom. The number of hydrogen-bond donors (Lipinski definition) is 1. The lowest BCUT2D eigenvalue weighted by Crippen LogP contribution is -2.53. The van der Waals surface area contributed by atoms with Gasteiger partial charge in [-0.1, -0.05) is 32.9 Å². The molecule has 0 aromatic heterocycles. The van der Waals surface area contributed by atoms with Crippen LogP contribution in [0.4, 0.5) is 8.78 Å². The summed E-state index contributed by atoms with van der Waals surface area (Å²) in [7, 11) is 3.99. The van der Waals surface area contributed by atoms with Crippen molar-refractivity contribution < 1.29 is 8.78 Å². The van der Waals surface area contributed by atoms with Crippen molar-refractivity contribution in [3.05, 3.63) is 35.4 Å². The zero-order valence-corrected chi connectivity index (χ0v) is 13.1. The van der Waals surface area contributed by atoms with E-state index in [0.29, 0.717) is 12.1 Å². The second-order valence-corrected chi connectivity index (χ2v) is 5.34. The molecule has 0 bridgehead atoms. The minimum atomic E-state index is -0.787. The lowest BCUT2D eigenvalue weighted by molar-refractivity contribution is 0.0869. The molecule has 0 aliphatic rings. The standard InChI is InChI=1S/C16H26F2N2/c1-6-16(7-2,20(4)5)15(19-8-3)12-10-9-11-13(17)14(12)18/h9-11,15,19H,6-8H2,1-5H3. The second kappa shape index (κ2) is 7.14. The third-order valence-electron chi connectivity index (χ3n) is 4.35. The van der Waals surface area contributed by atoms with Crippen LogP contribution in [-0.4, -0.2) is 31.1 Å². The van der Waals surface area contributed by atoms with Crippen LogP contribution in [0.15, 0.2) is 18.2 Å². The summed E-state index contributed by atoms with van der Waals surface area (Å²) in [6, 6.07) is 4.17. The molecule has 1 aromatic rings. The van der Waals surface area contributed by atoms with Crippen LogP contribution < -0.4 is 5.32 Å². The molecule has 20 heavy (non-hydrogen) atoms. The molecule has 0 saturated carbocycles. The summed E-state index contributed by atoms with van der Waals surface area (Å²) in [5, 5.41) is 3.34. The van der Waals surface area contributed by atoms with Gasteiger partial charge in [-0.25, -0.2) is 8.78 Å². The summed E-state index contributed by atoms with van der Waals surface area (Å²) >= 11 is 0. The van der Waals surface area contributed by atoms with Crippen molar-refractivity contribution in [2.75, 3.05) is 20.6 Å². The molecule has 0 spiro atoms. The average molecular weight is 284 g/mol. The molecule has 0 radical (unpaired) electrons. The Labute approximate surface area is 121 Å². The third-order valence-corrected chi connectivity index (χ3v) is 4.35. The summed E-state index contributed by atoms with van der Waals surface area (Å²) in [6.07, 6.45) is 1.70. The largest absolute Gasteiger partial charge is 0.309 e. The van der Waals surface area contributed by atoms with E-state index in [4.69, 9.17) is 0 Å². The van der Waals surface area contributed by atoms with Crippen molar-refractivity contribution in [1.29, 1.82) is 0 Å². The Kier molecular flexibility index (Phi) is 6.08. The normalized spacial score (nSPS) is 13.8. The zero-order valence-electron chi connectivity index (χ0n) is 13.1. The Bertz CT molecular complexity index is 428. The monoisotopic (exact) mass is 284 g/mol. The fourth-order valence-corrected chi connectivity index (χ4v) is 3.09. The van der Waals surface area contributed by atoms with Crippen molar-refractivity contribution in [2.45, 2.75) is 45.2 Å². The van der Waals surface area contributed by atoms with E-state index in [1.165, 1.54) is 0 Å². The first kappa shape index (κ1) is 17.1. The van der Waals surface area contributed by atoms with Crippen LogP contribution in [0, 0.1) is 11.6 Å². The van der Waals surface area contributed by atoms with Gasteiger partial charge in [0.05, 0.1) is 6.04 Å². The van der Waals surface area contributed by atoms with Gasteiger partial charge in [-0.2, -0.15) is 0 Å². The fraction of sp³-hybridized carbons (Fsp3) is 0.625. The maximum Gasteiger partial charge on any atom is 0.163 e. The molecular formula is C16H26F2N2. The highest BCUT2D eigenvalue weighted by Gasteiger charge is 2.39. The molecule has 2 nitrogen and oxygen atoms in total. The molecule has 114 valence electrons. The topological polar surface area (TPSA) is 15.3 Å². The number of likely N-dealkylation sites (N-methyl/N-ethyl adjacent to an activating group) is 2. The Balaban J connectivity index is 3.38. The number of halogens is 2. The Hall–Kier alpha value is -1.00. The van der Waals surface area contributed by atoms with Gasteiger partial charge in [-0.15, -0.1) is 0 Å². The number of rotatable bonds is 7. The summed E-state index contributed by atoms with van der Waals surface area (Å²) in [5.74, 6) is -1.53. The van der Waals surface area contributed by atoms with Gasteiger partial charge in [-0.3, -0.25) is 0 Å². The van der Waals surface area contributed by atoms with Crippen LogP contribution in [0.2, 0.25) is 0 Å². The van der Waals surface area contributed by atoms with Crippen molar-refractivity contribution in [3.8, 4) is 0 Å². The van der Waals surface area contributed by atoms with E-state index in [2.05, 4.69) is 24.1 Å². The summed E-state index contributed by atoms with van der Waals surface area (Å²) in [6.45, 7) is 6.86. The molecule has 1 aromatic carbocycles. The van der Waals surface area contributed by atoms with Crippen molar-refractivity contribution in [3.63, 3.8) is 0 Å². The minimum absolute atomic E-state index is 0.242. The van der Waals surface area contributed by atoms with Gasteiger partial charge in [0.25, 0.3) is 0 Å². The smallest absolute Gasteiger partial charge is 0.163 e. The molecule has 0 heterocycles. The van der Waals surface area contributed by atoms with Crippen LogP contribution in [0.1, 0.15) is 45.2 Å². The van der Waals surface area contributed by atoms with Gasteiger partial charge in [-0.05, 0) is 39.5 Å². The lowest BCUT2D eigenvalue weighted by Gasteiger charge is -2.45. The van der Waals surface area contributed by atoms with Crippen molar-refractivity contribution in [1.82, 2.24) is 10.2 Å². The van der Waals surface area contributed by atoms with Crippen LogP contribution in [0.25, 0.3) is 0 Å². The summed E-state index contributed by atoms with van der Waals surface area (Å²) in [5.41, 5.74) is 0.161. The van der Waals surface area contributed by atoms with E-state index >= 15 is 0 Å². The summed E-state index contributed by atoms with van der Waals surface area (Å²) in [4.78, 5) is 2.12. The second-order valence-electron chi connectivity index (χ2n) is 5.34. The summed E-state index contributed by atoms with van der Waals surface area (Å²) < 4.78 is 27.8. The molecule has 1 N–H and O–H groups in total. The van der Waals surface area contributed by atoms with Gasteiger partial charge in [0, 0.05) is 11.1 Å². The first-order valence-corrected chi connectivity index (χ1v) is 7.29. The highest BCUT2D eigenvalue weighted by atomic mass is 19.2. The van der Waals surface area contributed by atoms with Crippen LogP contribution in [0.5, 0.6) is 0 Å². The lowest BCUT2D eigenvalue weighted by atomic mass is 9.79. The SMILES string of the molecule is CCNC(c1cccc(F)c1F)C(CC)(CC)N(C)C. The highest BCUT2D eigenvalue weighted by molar-refractivity contribution is 5.26. The van der Waals surface area contributed by atoms with Gasteiger partial charge in [0.15, 0.2) is 11.6 Å². The predicted octanol–water partition coefficient (Wildman–Crippen LogP) is 3.74. The molecule has 0 aliphatic carbocycles. The minimum Gasteiger partial charge on any atom is -0.309 e. The first-order chi connectivity index (χ1) is 9.44. The molecule has 0 amide bonds. The Morgan fingerprint density at radius 2 is 1.75 bits per heavy atom. The van der Waals surface area contributed by atoms with E-state index in [1.54, 1.807) is 12.1 Å². The van der Waals surface area contributed by atoms with E-state index in [0.717, 1.165) is 18.9 Å². The van der Waals surface area contributed by atoms with Crippen molar-refractivity contribution >= 4 is 0 Å². The molecule has 1 unspecified atom stereocenters. The van der Waals surface area contributed by atoms with E-state index in [-0.39, 0.29) is 11.6 Å². The van der Waals surface area contributed by atoms with Crippen LogP contribution >= 0.6 is 0 Å².